The van der Waals surface area contributed by atoms with Crippen molar-refractivity contribution in [2.75, 3.05) is 12.4 Å². The molecule has 4 rings (SSSR count). The van der Waals surface area contributed by atoms with Crippen molar-refractivity contribution in [3.63, 3.8) is 0 Å². The lowest BCUT2D eigenvalue weighted by Gasteiger charge is -2.08. The Kier molecular flexibility index (Phi) is 6.14. The first kappa shape index (κ1) is 22.5. The van der Waals surface area contributed by atoms with E-state index < -0.39 is 17.6 Å². The average molecular weight is 473 g/mol. The molecule has 0 radical (unpaired) electrons. The number of hydrogen-bond acceptors (Lipinski definition) is 5. The summed E-state index contributed by atoms with van der Waals surface area (Å²) in [5.41, 5.74) is -0.192. The number of nitrogens with one attached hydrogen (secondary N) is 1. The minimum Gasteiger partial charge on any atom is -0.493 e. The molecule has 170 valence electrons. The summed E-state index contributed by atoms with van der Waals surface area (Å²) in [6.45, 7) is 0. The highest BCUT2D eigenvalue weighted by atomic mass is 32.2. The third-order valence-corrected chi connectivity index (χ3v) is 5.74. The second-order valence-electron chi connectivity index (χ2n) is 6.94. The van der Waals surface area contributed by atoms with Crippen LogP contribution in [0.15, 0.2) is 77.2 Å². The second-order valence-corrected chi connectivity index (χ2v) is 7.98. The predicted molar refractivity (Wildman–Crippen MR) is 117 cm³/mol. The number of rotatable bonds is 6. The van der Waals surface area contributed by atoms with E-state index >= 15 is 0 Å². The van der Waals surface area contributed by atoms with Crippen LogP contribution in [0.2, 0.25) is 0 Å². The fraction of sp³-hybridized carbons (Fsp3) is 0.136. The number of alkyl halides is 3. The normalized spacial score (nSPS) is 11.4. The summed E-state index contributed by atoms with van der Waals surface area (Å²) in [6, 6.07) is 11.8. The zero-order valence-electron chi connectivity index (χ0n) is 17.5. The van der Waals surface area contributed by atoms with Crippen LogP contribution in [0.5, 0.6) is 5.75 Å². The number of nitrogens with zero attached hydrogens (tertiary/aromatic N) is 4. The van der Waals surface area contributed by atoms with E-state index in [0.29, 0.717) is 5.69 Å². The van der Waals surface area contributed by atoms with Gasteiger partial charge in [0, 0.05) is 30.0 Å². The Balaban J connectivity index is 1.52. The Labute approximate surface area is 191 Å². The molecule has 2 aromatic carbocycles. The number of imidazole rings is 1. The smallest absolute Gasteiger partial charge is 0.416 e. The van der Waals surface area contributed by atoms with Gasteiger partial charge < -0.3 is 14.6 Å². The van der Waals surface area contributed by atoms with Gasteiger partial charge in [0.25, 0.3) is 5.91 Å². The van der Waals surface area contributed by atoms with Crippen molar-refractivity contribution in [1.29, 1.82) is 0 Å². The number of aryl methyl sites for hydroxylation is 1. The molecule has 1 N–H and O–H groups in total. The monoisotopic (exact) mass is 473 g/mol. The van der Waals surface area contributed by atoms with Crippen LogP contribution >= 0.6 is 11.8 Å². The van der Waals surface area contributed by atoms with E-state index in [-0.39, 0.29) is 17.1 Å². The number of benzene rings is 2. The van der Waals surface area contributed by atoms with Crippen LogP contribution in [0.3, 0.4) is 0 Å². The van der Waals surface area contributed by atoms with Crippen LogP contribution in [-0.4, -0.2) is 32.3 Å². The van der Waals surface area contributed by atoms with E-state index in [1.807, 2.05) is 29.9 Å². The molecule has 1 amide bonds. The Morgan fingerprint density at radius 2 is 1.91 bits per heavy atom. The summed E-state index contributed by atoms with van der Waals surface area (Å²) in [6.07, 6.45) is 0.427. The number of carbonyl (C=O) groups is 1. The first-order valence-corrected chi connectivity index (χ1v) is 10.4. The molecular weight excluding hydrogens is 455 g/mol. The summed E-state index contributed by atoms with van der Waals surface area (Å²) in [4.78, 5) is 18.0. The van der Waals surface area contributed by atoms with Crippen molar-refractivity contribution >= 4 is 23.4 Å². The van der Waals surface area contributed by atoms with Gasteiger partial charge in [-0.25, -0.2) is 9.67 Å². The van der Waals surface area contributed by atoms with Gasteiger partial charge in [-0.2, -0.15) is 18.3 Å². The molecule has 7 nitrogen and oxygen atoms in total. The Morgan fingerprint density at radius 1 is 1.15 bits per heavy atom. The first-order valence-electron chi connectivity index (χ1n) is 9.62. The summed E-state index contributed by atoms with van der Waals surface area (Å²) < 4.78 is 47.4. The van der Waals surface area contributed by atoms with E-state index in [9.17, 15) is 18.0 Å². The zero-order chi connectivity index (χ0) is 23.6. The number of aromatic nitrogens is 4. The molecule has 0 aliphatic carbocycles. The molecule has 0 spiro atoms. The van der Waals surface area contributed by atoms with Crippen molar-refractivity contribution in [3.8, 4) is 11.4 Å². The zero-order valence-corrected chi connectivity index (χ0v) is 18.3. The standard InChI is InChI=1S/C22H18F3N5O2S/c1-29-11-10-26-21(29)33-17-8-6-15(7-9-17)27-20(31)19-18(32-2)13-30(28-19)16-5-3-4-14(12-16)22(23,24)25/h3-13H,1-2H3,(H,27,31). The lowest BCUT2D eigenvalue weighted by atomic mass is 10.2. The van der Waals surface area contributed by atoms with Gasteiger partial charge >= 0.3 is 6.18 Å². The quantitative estimate of drug-likeness (QED) is 0.425. The molecule has 2 heterocycles. The number of hydrogen-bond donors (Lipinski definition) is 1. The van der Waals surface area contributed by atoms with Crippen LogP contribution in [0.1, 0.15) is 16.1 Å². The lowest BCUT2D eigenvalue weighted by molar-refractivity contribution is -0.137. The Bertz CT molecular complexity index is 1280. The molecule has 0 bridgehead atoms. The molecule has 0 aliphatic heterocycles. The largest absolute Gasteiger partial charge is 0.493 e. The van der Waals surface area contributed by atoms with Gasteiger partial charge in [0.2, 0.25) is 0 Å². The number of ether oxygens (including phenoxy) is 1. The molecule has 0 saturated heterocycles. The van der Waals surface area contributed by atoms with Gasteiger partial charge in [0.15, 0.2) is 16.6 Å². The molecular formula is C22H18F3N5O2S. The van der Waals surface area contributed by atoms with Crippen LogP contribution in [-0.2, 0) is 13.2 Å². The van der Waals surface area contributed by atoms with E-state index in [0.717, 1.165) is 22.2 Å². The maximum Gasteiger partial charge on any atom is 0.416 e. The maximum atomic E-state index is 13.0. The summed E-state index contributed by atoms with van der Waals surface area (Å²) in [5.74, 6) is -0.422. The van der Waals surface area contributed by atoms with E-state index in [1.54, 1.807) is 18.3 Å². The summed E-state index contributed by atoms with van der Waals surface area (Å²) in [5, 5.41) is 7.70. The highest BCUT2D eigenvalue weighted by molar-refractivity contribution is 7.99. The van der Waals surface area contributed by atoms with Gasteiger partial charge in [0.05, 0.1) is 24.6 Å². The highest BCUT2D eigenvalue weighted by Crippen LogP contribution is 2.31. The fourth-order valence-electron chi connectivity index (χ4n) is 2.97. The van der Waals surface area contributed by atoms with Gasteiger partial charge in [-0.3, -0.25) is 4.79 Å². The third kappa shape index (κ3) is 5.03. The lowest BCUT2D eigenvalue weighted by Crippen LogP contribution is -2.14. The van der Waals surface area contributed by atoms with Gasteiger partial charge in [-0.1, -0.05) is 17.8 Å². The minimum absolute atomic E-state index is 0.0543. The molecule has 33 heavy (non-hydrogen) atoms. The van der Waals surface area contributed by atoms with E-state index in [1.165, 1.54) is 41.9 Å². The number of anilines is 1. The third-order valence-electron chi connectivity index (χ3n) is 4.65. The molecule has 0 saturated carbocycles. The van der Waals surface area contributed by atoms with E-state index in [4.69, 9.17) is 4.74 Å². The molecule has 2 aromatic heterocycles. The Morgan fingerprint density at radius 3 is 2.55 bits per heavy atom. The molecule has 0 unspecified atom stereocenters. The van der Waals surface area contributed by atoms with Crippen molar-refractivity contribution < 1.29 is 22.7 Å². The van der Waals surface area contributed by atoms with Crippen LogP contribution < -0.4 is 10.1 Å². The van der Waals surface area contributed by atoms with E-state index in [2.05, 4.69) is 15.4 Å². The SMILES string of the molecule is COc1cn(-c2cccc(C(F)(F)F)c2)nc1C(=O)Nc1ccc(Sc2nccn2C)cc1. The summed E-state index contributed by atoms with van der Waals surface area (Å²) in [7, 11) is 3.25. The van der Waals surface area contributed by atoms with Gasteiger partial charge in [-0.05, 0) is 42.5 Å². The number of carbonyl (C=O) groups excluding carboxylic acids is 1. The highest BCUT2D eigenvalue weighted by Gasteiger charge is 2.30. The van der Waals surface area contributed by atoms with Crippen LogP contribution in [0.4, 0.5) is 18.9 Å². The second kappa shape index (κ2) is 9.02. The Hall–Kier alpha value is -3.73. The molecule has 0 aliphatic rings. The van der Waals surface area contributed by atoms with Crippen molar-refractivity contribution in [1.82, 2.24) is 19.3 Å². The van der Waals surface area contributed by atoms with Crippen molar-refractivity contribution in [2.24, 2.45) is 7.05 Å². The molecule has 11 heteroatoms. The minimum atomic E-state index is -4.49. The van der Waals surface area contributed by atoms with Crippen LogP contribution in [0, 0.1) is 0 Å². The predicted octanol–water partition coefficient (Wildman–Crippen LogP) is 5.04. The topological polar surface area (TPSA) is 74.0 Å². The van der Waals surface area contributed by atoms with Crippen molar-refractivity contribution in [2.45, 2.75) is 16.2 Å². The number of methoxy groups -OCH3 is 1. The van der Waals surface area contributed by atoms with Crippen molar-refractivity contribution in [3.05, 3.63) is 78.4 Å². The number of amides is 1. The average Bonchev–Trinajstić information content (AvgIpc) is 3.41. The summed E-state index contributed by atoms with van der Waals surface area (Å²) >= 11 is 1.48. The number of halogens is 3. The maximum absolute atomic E-state index is 13.0. The molecule has 0 atom stereocenters. The molecule has 4 aromatic rings. The fourth-order valence-corrected chi connectivity index (χ4v) is 3.78. The van der Waals surface area contributed by atoms with Gasteiger partial charge in [-0.15, -0.1) is 0 Å². The molecule has 0 fully saturated rings. The van der Waals surface area contributed by atoms with Crippen LogP contribution in [0.25, 0.3) is 5.69 Å². The van der Waals surface area contributed by atoms with Gasteiger partial charge in [0.1, 0.15) is 0 Å². The first-order chi connectivity index (χ1) is 15.7.